The topological polar surface area (TPSA) is 445 Å². The van der Waals surface area contributed by atoms with Crippen molar-refractivity contribution < 1.29 is 140 Å². The van der Waals surface area contributed by atoms with Gasteiger partial charge in [0, 0.05) is 38.8 Å². The molecule has 1 fully saturated rings. The smallest absolute Gasteiger partial charge is 0.396 e. The summed E-state index contributed by atoms with van der Waals surface area (Å²) >= 11 is 0. The molecule has 3 heterocycles. The number of ether oxygens (including phenoxy) is 6. The molecule has 546 valence electrons. The molecule has 0 spiro atoms. The number of nitrogens with zero attached hydrogens (tertiary/aromatic N) is 4. The summed E-state index contributed by atoms with van der Waals surface area (Å²) in [6, 6.07) is 0. The molecule has 10 atom stereocenters. The Bertz CT molecular complexity index is 2500. The van der Waals surface area contributed by atoms with Crippen molar-refractivity contribution in [3.63, 3.8) is 0 Å². The molecule has 7 unspecified atom stereocenters. The van der Waals surface area contributed by atoms with E-state index in [9.17, 15) is 61.9 Å². The predicted octanol–water partition coefficient (Wildman–Crippen LogP) is 9.97. The predicted molar refractivity (Wildman–Crippen MR) is 335 cm³/mol. The summed E-state index contributed by atoms with van der Waals surface area (Å²) in [5.74, 6) is -0.854. The van der Waals surface area contributed by atoms with Gasteiger partial charge in [0.2, 0.25) is 0 Å². The number of aliphatic hydroxyl groups is 1. The largest absolute Gasteiger partial charge is 0.474 e. The highest BCUT2D eigenvalue weighted by Crippen LogP contribution is 2.50. The van der Waals surface area contributed by atoms with Crippen molar-refractivity contribution in [1.82, 2.24) is 19.5 Å². The Balaban J connectivity index is 1.63. The Morgan fingerprint density at radius 2 is 0.935 bits per heavy atom. The molecule has 2 aromatic rings. The summed E-state index contributed by atoms with van der Waals surface area (Å²) < 4.78 is 169. The van der Waals surface area contributed by atoms with Crippen LogP contribution in [0, 0.1) is 18.3 Å². The maximum absolute atomic E-state index is 13.5. The number of aryl methyl sites for hydroxylation is 1. The van der Waals surface area contributed by atoms with E-state index in [1.807, 2.05) is 0 Å². The summed E-state index contributed by atoms with van der Waals surface area (Å²) in [6.07, 6.45) is 13.0. The molecule has 34 nitrogen and oxygen atoms in total. The van der Waals surface area contributed by atoms with Gasteiger partial charge in [-0.25, -0.2) is 37.8 Å². The second-order valence-electron chi connectivity index (χ2n) is 22.3. The molecule has 0 bridgehead atoms. The van der Waals surface area contributed by atoms with Crippen molar-refractivity contribution in [3.8, 4) is 0 Å². The Labute approximate surface area is 545 Å². The first-order chi connectivity index (χ1) is 44.2. The van der Waals surface area contributed by atoms with Crippen molar-refractivity contribution >= 4 is 57.9 Å². The first-order valence-electron chi connectivity index (χ1n) is 31.6. The third-order valence-electron chi connectivity index (χ3n) is 13.7. The highest BCUT2D eigenvalue weighted by atomic mass is 31.2. The zero-order chi connectivity index (χ0) is 68.5. The minimum absolute atomic E-state index is 0.0327. The molecule has 0 saturated carbocycles. The van der Waals surface area contributed by atoms with Crippen molar-refractivity contribution in [2.45, 2.75) is 168 Å². The molecule has 1 aliphatic heterocycles. The average molecular weight is 1460 g/mol. The van der Waals surface area contributed by atoms with Gasteiger partial charge in [-0.05, 0) is 45.4 Å². The molecule has 1 aliphatic rings. The van der Waals surface area contributed by atoms with Gasteiger partial charge >= 0.3 is 46.7 Å². The zero-order valence-corrected chi connectivity index (χ0v) is 59.7. The number of fused-ring (bicyclic) bond motifs is 1. The van der Waals surface area contributed by atoms with Crippen molar-refractivity contribution in [2.24, 2.45) is 11.3 Å². The Morgan fingerprint density at radius 3 is 1.37 bits per heavy atom. The van der Waals surface area contributed by atoms with Gasteiger partial charge in [0.15, 0.2) is 19.2 Å². The lowest BCUT2D eigenvalue weighted by Crippen LogP contribution is -2.42. The van der Waals surface area contributed by atoms with Crippen LogP contribution in [0.3, 0.4) is 0 Å². The molecule has 0 radical (unpaired) electrons. The number of phosphoric ester groups is 5. The van der Waals surface area contributed by atoms with E-state index in [0.717, 1.165) is 83.7 Å². The van der Waals surface area contributed by atoms with Crippen LogP contribution in [0.25, 0.3) is 11.2 Å². The minimum atomic E-state index is -5.03. The SMILES string of the molecule is CCCCCCCOP(=O)(O)OCCCOCC(COCCCOP(=O)(O)OCCCCCCC)(COCCCOP(=O)(O)OCCCCCCC)COP(=O)(O)OCOCC(CO)COCOP(=O)(O)O[C@H]1C[C@H](n2cnc3c(C)ncnc32)O[C@@H]1COP(C)(=O)O. The highest BCUT2D eigenvalue weighted by Gasteiger charge is 2.43. The number of rotatable bonds is 62. The second kappa shape index (κ2) is 47.2. The Hall–Kier alpha value is -1.03. The maximum atomic E-state index is 13.5. The van der Waals surface area contributed by atoms with Crippen LogP contribution in [0.5, 0.6) is 0 Å². The third-order valence-corrected chi connectivity index (χ3v) is 19.2. The first kappa shape index (κ1) is 86.2. The van der Waals surface area contributed by atoms with Crippen molar-refractivity contribution in [3.05, 3.63) is 18.3 Å². The molecule has 0 aliphatic carbocycles. The Kier molecular flexibility index (Phi) is 43.7. The minimum Gasteiger partial charge on any atom is -0.396 e. The van der Waals surface area contributed by atoms with Crippen LogP contribution < -0.4 is 0 Å². The van der Waals surface area contributed by atoms with E-state index in [4.69, 9.17) is 78.2 Å². The fourth-order valence-corrected chi connectivity index (χ4v) is 13.0. The molecule has 2 aromatic heterocycles. The molecule has 0 amide bonds. The average Bonchev–Trinajstić information content (AvgIpc) is 1.64. The number of unbranched alkanes of at least 4 members (excludes halogenated alkanes) is 12. The lowest BCUT2D eigenvalue weighted by Gasteiger charge is -2.33. The van der Waals surface area contributed by atoms with Gasteiger partial charge in [0.1, 0.15) is 30.3 Å². The number of phosphoric acid groups is 5. The number of aliphatic hydroxyl groups excluding tert-OH is 1. The lowest BCUT2D eigenvalue weighted by atomic mass is 9.92. The van der Waals surface area contributed by atoms with Gasteiger partial charge in [-0.15, -0.1) is 0 Å². The Morgan fingerprint density at radius 1 is 0.516 bits per heavy atom. The first-order valence-corrected chi connectivity index (χ1v) is 41.1. The highest BCUT2D eigenvalue weighted by molar-refractivity contribution is 7.52. The van der Waals surface area contributed by atoms with Crippen LogP contribution in [-0.4, -0.2) is 199 Å². The molecule has 1 saturated heterocycles. The molecular formula is C53H104N4O30P6. The van der Waals surface area contributed by atoms with E-state index in [2.05, 4.69) is 35.7 Å². The van der Waals surface area contributed by atoms with E-state index >= 15 is 0 Å². The summed E-state index contributed by atoms with van der Waals surface area (Å²) in [7, 11) is -27.1. The van der Waals surface area contributed by atoms with Crippen LogP contribution in [-0.2, 0) is 106 Å². The van der Waals surface area contributed by atoms with E-state index in [0.29, 0.717) is 36.1 Å². The van der Waals surface area contributed by atoms with Gasteiger partial charge in [0.05, 0.1) is 110 Å². The van der Waals surface area contributed by atoms with Crippen molar-refractivity contribution in [2.75, 3.05) is 133 Å². The summed E-state index contributed by atoms with van der Waals surface area (Å²) in [5.41, 5.74) is -0.00302. The standard InChI is InChI=1S/C53H104N4O30P6/c1-6-9-12-15-18-27-76-89(61,62)79-30-21-24-71-38-53(39-72-25-22-31-80-90(63,64)77-28-19-16-13-10-7-2,40-73-26-23-32-81-91(65,66)78-29-20-17-14-11-8-3)41-83-92(67,68)84-44-74-35-47(34-58)36-75-45-85-93(69,70)87-48-33-50(86-49(48)37-82-88(5,59)60)57-43-56-51-46(4)54-42-55-52(51)57/h42-43,47-50,58H,6-41,44-45H2,1-5H3,(H,59,60)(H,61,62)(H,63,64)(H,65,66)(H,67,68)(H,69,70)/t47?,48-,49+,50+/m0/s1. The zero-order valence-electron chi connectivity index (χ0n) is 54.3. The monoisotopic (exact) mass is 1460 g/mol. The number of aromatic nitrogens is 4. The lowest BCUT2D eigenvalue weighted by molar-refractivity contribution is -0.0987. The van der Waals surface area contributed by atoms with Crippen LogP contribution in [0.2, 0.25) is 0 Å². The van der Waals surface area contributed by atoms with Gasteiger partial charge in [0.25, 0.3) is 0 Å². The van der Waals surface area contributed by atoms with Crippen LogP contribution in [0.15, 0.2) is 12.7 Å². The van der Waals surface area contributed by atoms with Gasteiger partial charge in [-0.3, -0.25) is 54.4 Å². The summed E-state index contributed by atoms with van der Waals surface area (Å²) in [4.78, 5) is 74.7. The number of hydrogen-bond acceptors (Lipinski definition) is 27. The molecule has 0 aromatic carbocycles. The van der Waals surface area contributed by atoms with Crippen molar-refractivity contribution in [1.29, 1.82) is 0 Å². The third kappa shape index (κ3) is 40.1. The van der Waals surface area contributed by atoms with E-state index in [-0.39, 0.29) is 118 Å². The van der Waals surface area contributed by atoms with E-state index < -0.39 is 110 Å². The number of hydrogen-bond donors (Lipinski definition) is 7. The van der Waals surface area contributed by atoms with E-state index in [1.54, 1.807) is 11.5 Å². The fourth-order valence-electron chi connectivity index (χ4n) is 8.68. The van der Waals surface area contributed by atoms with Crippen LogP contribution >= 0.6 is 46.7 Å². The molecular weight excluding hydrogens is 1360 g/mol. The molecule has 40 heteroatoms. The van der Waals surface area contributed by atoms with E-state index in [1.165, 1.54) is 12.7 Å². The van der Waals surface area contributed by atoms with Crippen LogP contribution in [0.4, 0.5) is 0 Å². The number of imidazole rings is 1. The van der Waals surface area contributed by atoms with Crippen LogP contribution in [0.1, 0.15) is 155 Å². The summed E-state index contributed by atoms with van der Waals surface area (Å²) in [6.45, 7) is 2.93. The normalized spacial score (nSPS) is 20.4. The van der Waals surface area contributed by atoms with Gasteiger partial charge in [-0.2, -0.15) is 0 Å². The van der Waals surface area contributed by atoms with Gasteiger partial charge in [-0.1, -0.05) is 97.8 Å². The molecule has 93 heavy (non-hydrogen) atoms. The second-order valence-corrected chi connectivity index (χ2v) is 31.3. The molecule has 7 N–H and O–H groups in total. The fraction of sp³-hybridized carbons (Fsp3) is 0.906. The van der Waals surface area contributed by atoms with Gasteiger partial charge < -0.3 is 67.4 Å². The molecule has 3 rings (SSSR count). The maximum Gasteiger partial charge on any atom is 0.474 e. The quantitative estimate of drug-likeness (QED) is 0.0184. The summed E-state index contributed by atoms with van der Waals surface area (Å²) in [5, 5.41) is 10.1.